The number of phenols is 1. The highest BCUT2D eigenvalue weighted by Crippen LogP contribution is 2.29. The van der Waals surface area contributed by atoms with Crippen LogP contribution in [0.5, 0.6) is 5.75 Å². The van der Waals surface area contributed by atoms with Crippen LogP contribution in [0.1, 0.15) is 22.8 Å². The van der Waals surface area contributed by atoms with E-state index in [9.17, 15) is 14.7 Å². The number of hydrogen-bond donors (Lipinski definition) is 2. The number of hydrogen-bond acceptors (Lipinski definition) is 4. The Balaban J connectivity index is 1.74. The predicted octanol–water partition coefficient (Wildman–Crippen LogP) is 4.04. The number of aromatic hydroxyl groups is 1. The molecule has 2 N–H and O–H groups in total. The van der Waals surface area contributed by atoms with Crippen molar-refractivity contribution in [3.05, 3.63) is 71.8 Å². The van der Waals surface area contributed by atoms with Crippen molar-refractivity contribution in [2.75, 3.05) is 5.32 Å². The van der Waals surface area contributed by atoms with Crippen molar-refractivity contribution >= 4 is 28.3 Å². The van der Waals surface area contributed by atoms with Crippen LogP contribution in [0.15, 0.2) is 60.7 Å². The highest BCUT2D eigenvalue weighted by atomic mass is 16.5. The van der Waals surface area contributed by atoms with Gasteiger partial charge >= 0.3 is 5.97 Å². The lowest BCUT2D eigenvalue weighted by Crippen LogP contribution is -2.30. The quantitative estimate of drug-likeness (QED) is 0.697. The SMILES string of the molecule is Cc1ccccc1NC(=O)C(C)OC(=O)c1ccc2ccccc2c1O. The number of benzene rings is 3. The molecule has 3 aromatic carbocycles. The molecule has 0 saturated heterocycles. The molecule has 0 heterocycles. The predicted molar refractivity (Wildman–Crippen MR) is 100 cm³/mol. The summed E-state index contributed by atoms with van der Waals surface area (Å²) in [6.45, 7) is 3.36. The van der Waals surface area contributed by atoms with Crippen molar-refractivity contribution in [3.8, 4) is 5.75 Å². The minimum absolute atomic E-state index is 0.0271. The second-order valence-corrected chi connectivity index (χ2v) is 6.03. The van der Waals surface area contributed by atoms with E-state index in [1.165, 1.54) is 13.0 Å². The lowest BCUT2D eigenvalue weighted by atomic mass is 10.1. The van der Waals surface area contributed by atoms with Gasteiger partial charge in [0.15, 0.2) is 6.10 Å². The van der Waals surface area contributed by atoms with Gasteiger partial charge in [-0.25, -0.2) is 4.79 Å². The summed E-state index contributed by atoms with van der Waals surface area (Å²) in [6.07, 6.45) is -1.01. The number of ether oxygens (including phenoxy) is 1. The lowest BCUT2D eigenvalue weighted by Gasteiger charge is -2.15. The monoisotopic (exact) mass is 349 g/mol. The normalized spacial score (nSPS) is 11.8. The minimum Gasteiger partial charge on any atom is -0.506 e. The molecule has 0 aromatic heterocycles. The first-order valence-electron chi connectivity index (χ1n) is 8.25. The number of esters is 1. The maximum absolute atomic E-state index is 12.4. The van der Waals surface area contributed by atoms with Gasteiger partial charge in [-0.15, -0.1) is 0 Å². The summed E-state index contributed by atoms with van der Waals surface area (Å²) >= 11 is 0. The highest BCUT2D eigenvalue weighted by Gasteiger charge is 2.22. The lowest BCUT2D eigenvalue weighted by molar-refractivity contribution is -0.123. The van der Waals surface area contributed by atoms with Gasteiger partial charge in [0.2, 0.25) is 0 Å². The molecule has 0 aliphatic heterocycles. The molecule has 0 aliphatic rings. The third-order valence-electron chi connectivity index (χ3n) is 4.18. The zero-order valence-corrected chi connectivity index (χ0v) is 14.5. The van der Waals surface area contributed by atoms with Gasteiger partial charge in [0.05, 0.1) is 0 Å². The van der Waals surface area contributed by atoms with Crippen LogP contribution in [0.3, 0.4) is 0 Å². The van der Waals surface area contributed by atoms with E-state index in [2.05, 4.69) is 5.32 Å². The molecule has 3 rings (SSSR count). The molecule has 1 unspecified atom stereocenters. The van der Waals surface area contributed by atoms with Crippen LogP contribution >= 0.6 is 0 Å². The first kappa shape index (κ1) is 17.5. The summed E-state index contributed by atoms with van der Waals surface area (Å²) in [7, 11) is 0. The fourth-order valence-corrected chi connectivity index (χ4v) is 2.64. The van der Waals surface area contributed by atoms with E-state index in [0.717, 1.165) is 10.9 Å². The number of anilines is 1. The Kier molecular flexibility index (Phi) is 4.89. The van der Waals surface area contributed by atoms with Crippen LogP contribution in [0, 0.1) is 6.92 Å². The Morgan fingerprint density at radius 2 is 1.69 bits per heavy atom. The van der Waals surface area contributed by atoms with Crippen LogP contribution in [0.2, 0.25) is 0 Å². The van der Waals surface area contributed by atoms with Gasteiger partial charge in [0.25, 0.3) is 5.91 Å². The number of carbonyl (C=O) groups excluding carboxylic acids is 2. The number of nitrogens with one attached hydrogen (secondary N) is 1. The van der Waals surface area contributed by atoms with E-state index in [4.69, 9.17) is 4.74 Å². The fraction of sp³-hybridized carbons (Fsp3) is 0.143. The average Bonchev–Trinajstić information content (AvgIpc) is 2.64. The summed E-state index contributed by atoms with van der Waals surface area (Å²) < 4.78 is 5.23. The first-order valence-corrected chi connectivity index (χ1v) is 8.25. The molecule has 0 spiro atoms. The number of carbonyl (C=O) groups is 2. The third-order valence-corrected chi connectivity index (χ3v) is 4.18. The van der Waals surface area contributed by atoms with Crippen molar-refractivity contribution in [1.82, 2.24) is 0 Å². The summed E-state index contributed by atoms with van der Waals surface area (Å²) in [5.74, 6) is -1.34. The molecule has 0 fully saturated rings. The van der Waals surface area contributed by atoms with E-state index < -0.39 is 18.0 Å². The maximum atomic E-state index is 12.4. The van der Waals surface area contributed by atoms with Crippen molar-refractivity contribution in [2.45, 2.75) is 20.0 Å². The van der Waals surface area contributed by atoms with Crippen LogP contribution in [0.4, 0.5) is 5.69 Å². The van der Waals surface area contributed by atoms with E-state index >= 15 is 0 Å². The zero-order valence-electron chi connectivity index (χ0n) is 14.5. The van der Waals surface area contributed by atoms with Crippen molar-refractivity contribution in [2.24, 2.45) is 0 Å². The molecule has 0 aliphatic carbocycles. The zero-order chi connectivity index (χ0) is 18.7. The minimum atomic E-state index is -1.01. The van der Waals surface area contributed by atoms with Crippen LogP contribution in [-0.2, 0) is 9.53 Å². The summed E-state index contributed by atoms with van der Waals surface area (Å²) in [5, 5.41) is 14.4. The Morgan fingerprint density at radius 3 is 2.46 bits per heavy atom. The summed E-state index contributed by atoms with van der Waals surface area (Å²) in [6, 6.07) is 17.7. The summed E-state index contributed by atoms with van der Waals surface area (Å²) in [4.78, 5) is 24.7. The molecule has 132 valence electrons. The van der Waals surface area contributed by atoms with Gasteiger partial charge in [-0.1, -0.05) is 48.5 Å². The molecular weight excluding hydrogens is 330 g/mol. The van der Waals surface area contributed by atoms with Crippen molar-refractivity contribution in [3.63, 3.8) is 0 Å². The third kappa shape index (κ3) is 3.52. The van der Waals surface area contributed by atoms with E-state index in [0.29, 0.717) is 11.1 Å². The Hall–Kier alpha value is -3.34. The molecule has 0 radical (unpaired) electrons. The molecule has 1 atom stereocenters. The topological polar surface area (TPSA) is 75.6 Å². The standard InChI is InChI=1S/C21H19NO4/c1-13-7-3-6-10-18(13)22-20(24)14(2)26-21(25)17-12-11-15-8-4-5-9-16(15)19(17)23/h3-12,14,23H,1-2H3,(H,22,24). The Labute approximate surface area is 151 Å². The number of phenolic OH excluding ortho intramolecular Hbond substituents is 1. The number of aryl methyl sites for hydroxylation is 1. The van der Waals surface area contributed by atoms with E-state index in [-0.39, 0.29) is 11.3 Å². The average molecular weight is 349 g/mol. The molecule has 5 nitrogen and oxygen atoms in total. The summed E-state index contributed by atoms with van der Waals surface area (Å²) in [5.41, 5.74) is 1.60. The molecule has 26 heavy (non-hydrogen) atoms. The van der Waals surface area contributed by atoms with Crippen LogP contribution in [0.25, 0.3) is 10.8 Å². The highest BCUT2D eigenvalue weighted by molar-refractivity contribution is 6.02. The van der Waals surface area contributed by atoms with Crippen molar-refractivity contribution < 1.29 is 19.4 Å². The van der Waals surface area contributed by atoms with Crippen LogP contribution in [-0.4, -0.2) is 23.1 Å². The number of amides is 1. The second-order valence-electron chi connectivity index (χ2n) is 6.03. The van der Waals surface area contributed by atoms with Gasteiger partial charge in [-0.05, 0) is 36.9 Å². The maximum Gasteiger partial charge on any atom is 0.342 e. The number of rotatable bonds is 4. The first-order chi connectivity index (χ1) is 12.5. The fourth-order valence-electron chi connectivity index (χ4n) is 2.64. The number of fused-ring (bicyclic) bond motifs is 1. The van der Waals surface area contributed by atoms with Crippen LogP contribution < -0.4 is 5.32 Å². The molecule has 3 aromatic rings. The molecule has 5 heteroatoms. The van der Waals surface area contributed by atoms with Gasteiger partial charge in [0, 0.05) is 11.1 Å². The van der Waals surface area contributed by atoms with Gasteiger partial charge in [-0.2, -0.15) is 0 Å². The van der Waals surface area contributed by atoms with E-state index in [1.807, 2.05) is 37.3 Å². The molecule has 0 saturated carbocycles. The molecule has 0 bridgehead atoms. The Morgan fingerprint density at radius 1 is 1.00 bits per heavy atom. The van der Waals surface area contributed by atoms with Gasteiger partial charge < -0.3 is 15.2 Å². The van der Waals surface area contributed by atoms with Crippen molar-refractivity contribution in [1.29, 1.82) is 0 Å². The van der Waals surface area contributed by atoms with Gasteiger partial charge in [0.1, 0.15) is 11.3 Å². The van der Waals surface area contributed by atoms with E-state index in [1.54, 1.807) is 24.3 Å². The van der Waals surface area contributed by atoms with Gasteiger partial charge in [-0.3, -0.25) is 4.79 Å². The molecule has 1 amide bonds. The number of para-hydroxylation sites is 1. The Bertz CT molecular complexity index is 981. The largest absolute Gasteiger partial charge is 0.506 e. The smallest absolute Gasteiger partial charge is 0.342 e. The molecular formula is C21H19NO4. The second kappa shape index (κ2) is 7.27.